The number of alkyl halides is 3. The molecule has 6 nitrogen and oxygen atoms in total. The van der Waals surface area contributed by atoms with Crippen LogP contribution in [-0.4, -0.2) is 19.3 Å². The van der Waals surface area contributed by atoms with Crippen molar-refractivity contribution >= 4 is 15.9 Å². The van der Waals surface area contributed by atoms with E-state index in [0.717, 1.165) is 18.1 Å². The molecule has 1 atom stereocenters. The molecule has 1 aromatic heterocycles. The molecule has 1 aromatic carbocycles. The second kappa shape index (κ2) is 8.91. The Morgan fingerprint density at radius 1 is 1.07 bits per heavy atom. The highest BCUT2D eigenvalue weighted by Gasteiger charge is 2.32. The summed E-state index contributed by atoms with van der Waals surface area (Å²) in [5, 5.41) is 0. The van der Waals surface area contributed by atoms with Crippen molar-refractivity contribution in [2.24, 2.45) is 5.92 Å². The van der Waals surface area contributed by atoms with Gasteiger partial charge in [0, 0.05) is 6.20 Å². The normalized spacial score (nSPS) is 13.3. The van der Waals surface area contributed by atoms with Crippen LogP contribution >= 0.6 is 0 Å². The van der Waals surface area contributed by atoms with Crippen LogP contribution in [0.15, 0.2) is 47.5 Å². The molecule has 0 radical (unpaired) electrons. The zero-order valence-corrected chi connectivity index (χ0v) is 16.9. The van der Waals surface area contributed by atoms with Crippen LogP contribution in [0.3, 0.4) is 0 Å². The van der Waals surface area contributed by atoms with Crippen LogP contribution in [0.1, 0.15) is 43.5 Å². The number of hydrogen-bond acceptors (Lipinski definition) is 4. The summed E-state index contributed by atoms with van der Waals surface area (Å²) < 4.78 is 61.9. The van der Waals surface area contributed by atoms with Crippen LogP contribution in [0.4, 0.5) is 13.2 Å². The summed E-state index contributed by atoms with van der Waals surface area (Å²) in [5.41, 5.74) is 2.70. The minimum atomic E-state index is -4.68. The van der Waals surface area contributed by atoms with Crippen molar-refractivity contribution < 1.29 is 26.4 Å². The van der Waals surface area contributed by atoms with Gasteiger partial charge in [0.15, 0.2) is 0 Å². The van der Waals surface area contributed by atoms with Gasteiger partial charge in [-0.2, -0.15) is 13.2 Å². The molecular formula is C19H22F3N3O3S. The van der Waals surface area contributed by atoms with Crippen molar-refractivity contribution in [1.29, 1.82) is 0 Å². The molecule has 0 aliphatic heterocycles. The molecule has 0 aliphatic carbocycles. The quantitative estimate of drug-likeness (QED) is 0.661. The topological polar surface area (TPSA) is 88.2 Å². The summed E-state index contributed by atoms with van der Waals surface area (Å²) >= 11 is 0. The Hall–Kier alpha value is -2.46. The van der Waals surface area contributed by atoms with Gasteiger partial charge in [-0.05, 0) is 42.5 Å². The van der Waals surface area contributed by atoms with Crippen molar-refractivity contribution in [3.8, 4) is 0 Å². The monoisotopic (exact) mass is 429 g/mol. The first-order valence-corrected chi connectivity index (χ1v) is 10.3. The van der Waals surface area contributed by atoms with E-state index in [4.69, 9.17) is 0 Å². The lowest BCUT2D eigenvalue weighted by Gasteiger charge is -2.14. The fourth-order valence-electron chi connectivity index (χ4n) is 2.56. The molecule has 0 fully saturated rings. The molecular weight excluding hydrogens is 407 g/mol. The minimum absolute atomic E-state index is 0.496. The molecule has 1 heterocycles. The third kappa shape index (κ3) is 6.26. The second-order valence-corrected chi connectivity index (χ2v) is 8.72. The summed E-state index contributed by atoms with van der Waals surface area (Å²) in [6.45, 7) is 5.81. The van der Waals surface area contributed by atoms with Gasteiger partial charge in [0.05, 0.1) is 5.92 Å². The predicted molar refractivity (Wildman–Crippen MR) is 101 cm³/mol. The van der Waals surface area contributed by atoms with E-state index >= 15 is 0 Å². The molecule has 158 valence electrons. The molecule has 0 spiro atoms. The van der Waals surface area contributed by atoms with Crippen molar-refractivity contribution in [3.05, 3.63) is 59.4 Å². The number of hydrazine groups is 1. The Labute approximate surface area is 167 Å². The number of carbonyl (C=O) groups excluding carboxylic acids is 1. The van der Waals surface area contributed by atoms with Crippen molar-refractivity contribution in [2.45, 2.75) is 44.2 Å². The van der Waals surface area contributed by atoms with E-state index in [1.807, 2.05) is 17.0 Å². The fourth-order valence-corrected chi connectivity index (χ4v) is 3.35. The molecule has 0 saturated carbocycles. The standard InChI is InChI=1S/C19H22F3N3O3S/c1-12(2)10-14-4-6-15(7-5-14)13(3)18(26)24-25-29(27,28)16-8-9-17(23-11-16)19(20,21)22/h4-9,11-13,25H,10H2,1-3H3,(H,24,26). The molecule has 2 rings (SSSR count). The second-order valence-electron chi connectivity index (χ2n) is 7.03. The highest BCUT2D eigenvalue weighted by Crippen LogP contribution is 2.27. The van der Waals surface area contributed by atoms with Crippen LogP contribution in [0.2, 0.25) is 0 Å². The van der Waals surface area contributed by atoms with Crippen LogP contribution < -0.4 is 10.3 Å². The van der Waals surface area contributed by atoms with Gasteiger partial charge in [-0.25, -0.2) is 8.42 Å². The lowest BCUT2D eigenvalue weighted by Crippen LogP contribution is -2.43. The van der Waals surface area contributed by atoms with Gasteiger partial charge in [0.1, 0.15) is 10.6 Å². The number of rotatable bonds is 7. The molecule has 0 bridgehead atoms. The van der Waals surface area contributed by atoms with Crippen LogP contribution in [-0.2, 0) is 27.4 Å². The average molecular weight is 429 g/mol. The first-order valence-electron chi connectivity index (χ1n) is 8.84. The summed E-state index contributed by atoms with van der Waals surface area (Å²) in [4.78, 5) is 16.7. The van der Waals surface area contributed by atoms with Gasteiger partial charge >= 0.3 is 6.18 Å². The Kier molecular flexibility index (Phi) is 7.02. The Balaban J connectivity index is 2.01. The summed E-state index contributed by atoms with van der Waals surface area (Å²) in [5.74, 6) is -0.753. The molecule has 1 amide bonds. The smallest absolute Gasteiger partial charge is 0.277 e. The van der Waals surface area contributed by atoms with Gasteiger partial charge in [-0.3, -0.25) is 15.2 Å². The van der Waals surface area contributed by atoms with Crippen LogP contribution in [0.5, 0.6) is 0 Å². The van der Waals surface area contributed by atoms with E-state index in [1.54, 1.807) is 19.1 Å². The van der Waals surface area contributed by atoms with Crippen LogP contribution in [0.25, 0.3) is 0 Å². The van der Waals surface area contributed by atoms with Gasteiger partial charge in [0.2, 0.25) is 5.91 Å². The van der Waals surface area contributed by atoms with E-state index in [-0.39, 0.29) is 0 Å². The van der Waals surface area contributed by atoms with Gasteiger partial charge in [0.25, 0.3) is 10.0 Å². The van der Waals surface area contributed by atoms with E-state index in [9.17, 15) is 26.4 Å². The first kappa shape index (κ1) is 22.8. The maximum Gasteiger partial charge on any atom is 0.433 e. The van der Waals surface area contributed by atoms with Gasteiger partial charge < -0.3 is 0 Å². The van der Waals surface area contributed by atoms with E-state index < -0.39 is 38.6 Å². The minimum Gasteiger partial charge on any atom is -0.277 e. The maximum absolute atomic E-state index is 12.5. The van der Waals surface area contributed by atoms with Crippen molar-refractivity contribution in [1.82, 2.24) is 15.2 Å². The Morgan fingerprint density at radius 2 is 1.69 bits per heavy atom. The number of carbonyl (C=O) groups is 1. The zero-order chi connectivity index (χ0) is 21.8. The zero-order valence-electron chi connectivity index (χ0n) is 16.1. The SMILES string of the molecule is CC(C)Cc1ccc(C(C)C(=O)NNS(=O)(=O)c2ccc(C(F)(F)F)nc2)cc1. The number of pyridine rings is 1. The third-order valence-corrected chi connectivity index (χ3v) is 5.40. The fraction of sp³-hybridized carbons (Fsp3) is 0.368. The number of nitrogens with zero attached hydrogens (tertiary/aromatic N) is 1. The highest BCUT2D eigenvalue weighted by molar-refractivity contribution is 7.89. The van der Waals surface area contributed by atoms with Gasteiger partial charge in [-0.15, -0.1) is 4.83 Å². The molecule has 0 saturated heterocycles. The largest absolute Gasteiger partial charge is 0.433 e. The van der Waals surface area contributed by atoms with Crippen molar-refractivity contribution in [3.63, 3.8) is 0 Å². The first-order chi connectivity index (χ1) is 13.4. The number of aromatic nitrogens is 1. The predicted octanol–water partition coefficient (Wildman–Crippen LogP) is 3.41. The number of hydrogen-bond donors (Lipinski definition) is 2. The van der Waals surface area contributed by atoms with Gasteiger partial charge in [-0.1, -0.05) is 38.1 Å². The van der Waals surface area contributed by atoms with Crippen LogP contribution in [0, 0.1) is 5.92 Å². The lowest BCUT2D eigenvalue weighted by molar-refractivity contribution is -0.141. The number of sulfonamides is 1. The highest BCUT2D eigenvalue weighted by atomic mass is 32.2. The summed E-state index contributed by atoms with van der Waals surface area (Å²) in [6, 6.07) is 8.75. The molecule has 1 unspecified atom stereocenters. The van der Waals surface area contributed by atoms with Crippen molar-refractivity contribution in [2.75, 3.05) is 0 Å². The number of halogens is 3. The Bertz CT molecular complexity index is 941. The van der Waals surface area contributed by atoms with E-state index in [2.05, 4.69) is 24.3 Å². The lowest BCUT2D eigenvalue weighted by atomic mass is 9.96. The summed E-state index contributed by atoms with van der Waals surface area (Å²) in [6.07, 6.45) is -3.19. The molecule has 2 aromatic rings. The number of amides is 1. The third-order valence-electron chi connectivity index (χ3n) is 4.16. The number of benzene rings is 1. The average Bonchev–Trinajstić information content (AvgIpc) is 2.65. The molecule has 29 heavy (non-hydrogen) atoms. The molecule has 0 aliphatic rings. The van der Waals surface area contributed by atoms with E-state index in [1.165, 1.54) is 0 Å². The number of nitrogens with one attached hydrogen (secondary N) is 2. The molecule has 2 N–H and O–H groups in total. The van der Waals surface area contributed by atoms with E-state index in [0.29, 0.717) is 23.7 Å². The summed E-state index contributed by atoms with van der Waals surface area (Å²) in [7, 11) is -4.27. The molecule has 10 heteroatoms. The maximum atomic E-state index is 12.5. The Morgan fingerprint density at radius 3 is 2.17 bits per heavy atom.